The van der Waals surface area contributed by atoms with Crippen LogP contribution in [0.4, 0.5) is 25.8 Å². The molecular weight excluding hydrogens is 348 g/mol. The van der Waals surface area contributed by atoms with E-state index in [9.17, 15) is 13.6 Å². The second-order valence-electron chi connectivity index (χ2n) is 7.31. The van der Waals surface area contributed by atoms with Crippen LogP contribution in [0.5, 0.6) is 0 Å². The maximum atomic E-state index is 14.6. The highest BCUT2D eigenvalue weighted by Gasteiger charge is 2.29. The van der Waals surface area contributed by atoms with Gasteiger partial charge >= 0.3 is 0 Å². The summed E-state index contributed by atoms with van der Waals surface area (Å²) in [6.45, 7) is 3.90. The molecule has 4 nitrogen and oxygen atoms in total. The van der Waals surface area contributed by atoms with Crippen LogP contribution in [0, 0.1) is 17.6 Å². The topological polar surface area (TPSA) is 44.7 Å². The molecule has 0 bridgehead atoms. The summed E-state index contributed by atoms with van der Waals surface area (Å²) < 4.78 is 27.9. The number of piperidine rings is 1. The van der Waals surface area contributed by atoms with Gasteiger partial charge in [-0.1, -0.05) is 13.0 Å². The number of nitrogens with one attached hydrogen (secondary N) is 1. The van der Waals surface area contributed by atoms with E-state index in [-0.39, 0.29) is 11.7 Å². The van der Waals surface area contributed by atoms with Crippen molar-refractivity contribution in [1.29, 1.82) is 0 Å². The maximum Gasteiger partial charge on any atom is 0.237 e. The van der Waals surface area contributed by atoms with Gasteiger partial charge in [-0.05, 0) is 48.6 Å². The van der Waals surface area contributed by atoms with Crippen molar-refractivity contribution in [2.75, 3.05) is 23.3 Å². The van der Waals surface area contributed by atoms with Gasteiger partial charge in [0.15, 0.2) is 0 Å². The van der Waals surface area contributed by atoms with Crippen molar-refractivity contribution in [1.82, 2.24) is 0 Å². The van der Waals surface area contributed by atoms with Gasteiger partial charge in [-0.15, -0.1) is 0 Å². The van der Waals surface area contributed by atoms with Crippen molar-refractivity contribution in [2.24, 2.45) is 10.9 Å². The summed E-state index contributed by atoms with van der Waals surface area (Å²) in [5.74, 6) is -1.03. The van der Waals surface area contributed by atoms with E-state index in [2.05, 4.69) is 22.1 Å². The van der Waals surface area contributed by atoms with Gasteiger partial charge in [-0.3, -0.25) is 9.79 Å². The number of anilines is 2. The van der Waals surface area contributed by atoms with Crippen LogP contribution in [0.15, 0.2) is 41.4 Å². The molecule has 2 aliphatic rings. The van der Waals surface area contributed by atoms with Crippen molar-refractivity contribution in [3.05, 3.63) is 53.6 Å². The molecule has 0 aromatic heterocycles. The maximum absolute atomic E-state index is 14.6. The van der Waals surface area contributed by atoms with Crippen LogP contribution in [0.25, 0.3) is 0 Å². The van der Waals surface area contributed by atoms with Crippen LogP contribution in [-0.4, -0.2) is 25.2 Å². The lowest BCUT2D eigenvalue weighted by atomic mass is 9.99. The fourth-order valence-corrected chi connectivity index (χ4v) is 3.81. The molecular formula is C21H21F2N3O. The predicted octanol–water partition coefficient (Wildman–Crippen LogP) is 4.64. The SMILES string of the molecule is CC1CCCN(c2ccc(N=CC3C(=O)Nc4cc(F)ccc43)cc2F)C1. The van der Waals surface area contributed by atoms with E-state index in [0.29, 0.717) is 28.5 Å². The monoisotopic (exact) mass is 369 g/mol. The summed E-state index contributed by atoms with van der Waals surface area (Å²) in [5, 5.41) is 2.64. The smallest absolute Gasteiger partial charge is 0.237 e. The summed E-state index contributed by atoms with van der Waals surface area (Å²) >= 11 is 0. The molecule has 1 fully saturated rings. The van der Waals surface area contributed by atoms with Gasteiger partial charge in [0, 0.05) is 31.1 Å². The number of halogens is 2. The third kappa shape index (κ3) is 3.56. The number of hydrogen-bond acceptors (Lipinski definition) is 3. The van der Waals surface area contributed by atoms with Gasteiger partial charge in [0.2, 0.25) is 5.91 Å². The highest BCUT2D eigenvalue weighted by Crippen LogP contribution is 2.33. The first-order chi connectivity index (χ1) is 13.0. The minimum atomic E-state index is -0.605. The van der Waals surface area contributed by atoms with E-state index < -0.39 is 11.7 Å². The molecule has 4 rings (SSSR count). The Balaban J connectivity index is 1.53. The third-order valence-electron chi connectivity index (χ3n) is 5.19. The van der Waals surface area contributed by atoms with Crippen molar-refractivity contribution in [3.63, 3.8) is 0 Å². The minimum absolute atomic E-state index is 0.265. The van der Waals surface area contributed by atoms with Gasteiger partial charge < -0.3 is 10.2 Å². The zero-order chi connectivity index (χ0) is 19.0. The first-order valence-electron chi connectivity index (χ1n) is 9.20. The highest BCUT2D eigenvalue weighted by molar-refractivity contribution is 6.12. The van der Waals surface area contributed by atoms with Crippen molar-refractivity contribution in [3.8, 4) is 0 Å². The van der Waals surface area contributed by atoms with Gasteiger partial charge in [-0.25, -0.2) is 8.78 Å². The second kappa shape index (κ2) is 7.10. The largest absolute Gasteiger partial charge is 0.369 e. The Morgan fingerprint density at radius 2 is 2.07 bits per heavy atom. The number of amides is 1. The number of rotatable bonds is 3. The van der Waals surface area contributed by atoms with E-state index in [1.807, 2.05) is 0 Å². The van der Waals surface area contributed by atoms with Crippen LogP contribution in [0.3, 0.4) is 0 Å². The Labute approximate surface area is 156 Å². The molecule has 1 saturated heterocycles. The highest BCUT2D eigenvalue weighted by atomic mass is 19.1. The minimum Gasteiger partial charge on any atom is -0.369 e. The standard InChI is InChI=1S/C21H21F2N3O/c1-13-3-2-8-26(12-13)20-7-5-15(10-18(20)23)24-11-17-16-6-4-14(22)9-19(16)25-21(17)27/h4-7,9-11,13,17H,2-3,8,12H2,1H3,(H,25,27). The molecule has 0 spiro atoms. The van der Waals surface area contributed by atoms with E-state index >= 15 is 0 Å². The number of fused-ring (bicyclic) bond motifs is 1. The normalized spacial score (nSPS) is 22.2. The average molecular weight is 369 g/mol. The van der Waals surface area contributed by atoms with E-state index in [1.165, 1.54) is 30.8 Å². The molecule has 2 aliphatic heterocycles. The Morgan fingerprint density at radius 1 is 1.22 bits per heavy atom. The Bertz CT molecular complexity index is 912. The van der Waals surface area contributed by atoms with Crippen LogP contribution < -0.4 is 10.2 Å². The van der Waals surface area contributed by atoms with Gasteiger partial charge in [-0.2, -0.15) is 0 Å². The van der Waals surface area contributed by atoms with Crippen molar-refractivity contribution in [2.45, 2.75) is 25.7 Å². The van der Waals surface area contributed by atoms with Gasteiger partial charge in [0.05, 0.1) is 11.4 Å². The number of benzene rings is 2. The molecule has 2 heterocycles. The number of nitrogens with zero attached hydrogens (tertiary/aromatic N) is 2. The number of aliphatic imine (C=N–C) groups is 1. The second-order valence-corrected chi connectivity index (χ2v) is 7.31. The summed E-state index contributed by atoms with van der Waals surface area (Å²) in [4.78, 5) is 18.5. The van der Waals surface area contributed by atoms with Crippen molar-refractivity contribution < 1.29 is 13.6 Å². The molecule has 1 N–H and O–H groups in total. The Kier molecular flexibility index (Phi) is 4.64. The first kappa shape index (κ1) is 17.6. The van der Waals surface area contributed by atoms with Crippen LogP contribution in [0.1, 0.15) is 31.2 Å². The first-order valence-corrected chi connectivity index (χ1v) is 9.20. The van der Waals surface area contributed by atoms with E-state index in [1.54, 1.807) is 18.2 Å². The van der Waals surface area contributed by atoms with Crippen LogP contribution in [-0.2, 0) is 4.79 Å². The van der Waals surface area contributed by atoms with Gasteiger partial charge in [0.25, 0.3) is 0 Å². The molecule has 140 valence electrons. The zero-order valence-corrected chi connectivity index (χ0v) is 15.1. The van der Waals surface area contributed by atoms with Gasteiger partial charge in [0.1, 0.15) is 17.6 Å². The molecule has 27 heavy (non-hydrogen) atoms. The molecule has 2 aromatic rings. The lowest BCUT2D eigenvalue weighted by Gasteiger charge is -2.33. The molecule has 0 aliphatic carbocycles. The average Bonchev–Trinajstić information content (AvgIpc) is 2.94. The quantitative estimate of drug-likeness (QED) is 0.801. The lowest BCUT2D eigenvalue weighted by Crippen LogP contribution is -2.34. The molecule has 0 saturated carbocycles. The summed E-state index contributed by atoms with van der Waals surface area (Å²) in [6, 6.07) is 9.07. The Hall–Kier alpha value is -2.76. The molecule has 2 aromatic carbocycles. The van der Waals surface area contributed by atoms with Crippen molar-refractivity contribution >= 4 is 29.2 Å². The Morgan fingerprint density at radius 3 is 2.85 bits per heavy atom. The third-order valence-corrected chi connectivity index (χ3v) is 5.19. The molecule has 0 radical (unpaired) electrons. The summed E-state index contributed by atoms with van der Waals surface area (Å²) in [7, 11) is 0. The summed E-state index contributed by atoms with van der Waals surface area (Å²) in [6.07, 6.45) is 3.73. The lowest BCUT2D eigenvalue weighted by molar-refractivity contribution is -0.115. The van der Waals surface area contributed by atoms with E-state index in [0.717, 1.165) is 19.5 Å². The van der Waals surface area contributed by atoms with E-state index in [4.69, 9.17) is 0 Å². The number of carbonyl (C=O) groups excluding carboxylic acids is 1. The number of carbonyl (C=O) groups is 1. The number of hydrogen-bond donors (Lipinski definition) is 1. The van der Waals surface area contributed by atoms with Crippen LogP contribution >= 0.6 is 0 Å². The molecule has 2 atom stereocenters. The fourth-order valence-electron chi connectivity index (χ4n) is 3.81. The summed E-state index contributed by atoms with van der Waals surface area (Å²) in [5.41, 5.74) is 2.17. The predicted molar refractivity (Wildman–Crippen MR) is 103 cm³/mol. The fraction of sp³-hybridized carbons (Fsp3) is 0.333. The van der Waals surface area contributed by atoms with Crippen LogP contribution in [0.2, 0.25) is 0 Å². The zero-order valence-electron chi connectivity index (χ0n) is 15.1. The molecule has 2 unspecified atom stereocenters. The molecule has 1 amide bonds. The molecule has 6 heteroatoms.